The van der Waals surface area contributed by atoms with Gasteiger partial charge < -0.3 is 20.0 Å². The number of urea groups is 1. The first kappa shape index (κ1) is 17.3. The Kier molecular flexibility index (Phi) is 6.45. The Bertz CT molecular complexity index is 375. The number of amides is 2. The van der Waals surface area contributed by atoms with Gasteiger partial charge in [-0.3, -0.25) is 9.59 Å². The highest BCUT2D eigenvalue weighted by Gasteiger charge is 2.31. The fraction of sp³-hybridized carbons (Fsp3) is 0.786. The predicted octanol–water partition coefficient (Wildman–Crippen LogP) is 1.48. The maximum Gasteiger partial charge on any atom is 0.323 e. The lowest BCUT2D eigenvalue weighted by Crippen LogP contribution is -2.51. The number of rotatable bonds is 7. The Morgan fingerprint density at radius 2 is 1.52 bits per heavy atom. The van der Waals surface area contributed by atoms with Crippen molar-refractivity contribution in [1.82, 2.24) is 9.80 Å². The van der Waals surface area contributed by atoms with E-state index in [1.807, 2.05) is 13.8 Å². The van der Waals surface area contributed by atoms with Crippen LogP contribution in [0.25, 0.3) is 0 Å². The average molecular weight is 300 g/mol. The molecule has 0 radical (unpaired) electrons. The summed E-state index contributed by atoms with van der Waals surface area (Å²) in [5, 5.41) is 17.7. The van der Waals surface area contributed by atoms with Crippen molar-refractivity contribution in [2.45, 2.75) is 45.6 Å². The molecule has 0 aliphatic heterocycles. The van der Waals surface area contributed by atoms with E-state index in [1.54, 1.807) is 4.90 Å². The molecule has 120 valence electrons. The molecule has 0 unspecified atom stereocenters. The van der Waals surface area contributed by atoms with Crippen LogP contribution in [0, 0.1) is 5.92 Å². The minimum absolute atomic E-state index is 0.0880. The van der Waals surface area contributed by atoms with Gasteiger partial charge in [0.05, 0.1) is 0 Å². The van der Waals surface area contributed by atoms with Crippen LogP contribution in [0.4, 0.5) is 4.79 Å². The molecular formula is C14H24N2O5. The van der Waals surface area contributed by atoms with E-state index in [0.717, 1.165) is 30.6 Å². The second kappa shape index (κ2) is 7.85. The highest BCUT2D eigenvalue weighted by Crippen LogP contribution is 2.25. The fourth-order valence-corrected chi connectivity index (χ4v) is 2.69. The second-order valence-corrected chi connectivity index (χ2v) is 5.91. The van der Waals surface area contributed by atoms with Crippen LogP contribution in [0.15, 0.2) is 0 Å². The molecule has 0 saturated heterocycles. The van der Waals surface area contributed by atoms with Gasteiger partial charge in [-0.15, -0.1) is 0 Å². The molecule has 0 spiro atoms. The van der Waals surface area contributed by atoms with Crippen molar-refractivity contribution < 1.29 is 24.6 Å². The van der Waals surface area contributed by atoms with Crippen LogP contribution in [0.2, 0.25) is 0 Å². The van der Waals surface area contributed by atoms with Gasteiger partial charge in [0.2, 0.25) is 0 Å². The van der Waals surface area contributed by atoms with Crippen molar-refractivity contribution in [2.24, 2.45) is 5.92 Å². The van der Waals surface area contributed by atoms with Gasteiger partial charge in [-0.1, -0.05) is 26.7 Å². The SMILES string of the molecule is CC(C)CN(C(=O)N(CC(=O)O)CC(=O)O)C1CCCC1. The number of hydrogen-bond donors (Lipinski definition) is 2. The number of nitrogens with zero attached hydrogens (tertiary/aromatic N) is 2. The lowest BCUT2D eigenvalue weighted by Gasteiger charge is -2.34. The summed E-state index contributed by atoms with van der Waals surface area (Å²) in [5.41, 5.74) is 0. The number of carbonyl (C=O) groups is 3. The van der Waals surface area contributed by atoms with E-state index in [0.29, 0.717) is 6.54 Å². The van der Waals surface area contributed by atoms with Gasteiger partial charge in [0.15, 0.2) is 0 Å². The molecule has 21 heavy (non-hydrogen) atoms. The van der Waals surface area contributed by atoms with Gasteiger partial charge >= 0.3 is 18.0 Å². The van der Waals surface area contributed by atoms with E-state index in [9.17, 15) is 14.4 Å². The van der Waals surface area contributed by atoms with E-state index >= 15 is 0 Å². The summed E-state index contributed by atoms with van der Waals surface area (Å²) in [6.45, 7) is 3.29. The first-order chi connectivity index (χ1) is 9.81. The van der Waals surface area contributed by atoms with Gasteiger partial charge in [-0.05, 0) is 18.8 Å². The summed E-state index contributed by atoms with van der Waals surface area (Å²) in [7, 11) is 0. The van der Waals surface area contributed by atoms with Crippen LogP contribution in [0.5, 0.6) is 0 Å². The van der Waals surface area contributed by atoms with Crippen LogP contribution in [0.3, 0.4) is 0 Å². The fourth-order valence-electron chi connectivity index (χ4n) is 2.69. The molecule has 1 rings (SSSR count). The highest BCUT2D eigenvalue weighted by atomic mass is 16.4. The minimum atomic E-state index is -1.21. The molecule has 0 bridgehead atoms. The summed E-state index contributed by atoms with van der Waals surface area (Å²) in [6.07, 6.45) is 3.88. The van der Waals surface area contributed by atoms with E-state index in [-0.39, 0.29) is 12.0 Å². The largest absolute Gasteiger partial charge is 0.480 e. The molecule has 1 fully saturated rings. The molecule has 2 amide bonds. The van der Waals surface area contributed by atoms with Gasteiger partial charge in [0.25, 0.3) is 0 Å². The number of hydrogen-bond acceptors (Lipinski definition) is 3. The van der Waals surface area contributed by atoms with Crippen LogP contribution in [0.1, 0.15) is 39.5 Å². The van der Waals surface area contributed by atoms with E-state index in [1.165, 1.54) is 0 Å². The number of carboxylic acids is 2. The van der Waals surface area contributed by atoms with Gasteiger partial charge in [0, 0.05) is 12.6 Å². The molecule has 1 aliphatic carbocycles. The lowest BCUT2D eigenvalue weighted by molar-refractivity contribution is -0.140. The first-order valence-corrected chi connectivity index (χ1v) is 7.30. The smallest absolute Gasteiger partial charge is 0.323 e. The molecular weight excluding hydrogens is 276 g/mol. The molecule has 0 atom stereocenters. The summed E-state index contributed by atoms with van der Waals surface area (Å²) in [5.74, 6) is -2.17. The molecule has 2 N–H and O–H groups in total. The minimum Gasteiger partial charge on any atom is -0.480 e. The molecule has 7 heteroatoms. The Labute approximate surface area is 124 Å². The number of carbonyl (C=O) groups excluding carboxylic acids is 1. The monoisotopic (exact) mass is 300 g/mol. The maximum absolute atomic E-state index is 12.6. The quantitative estimate of drug-likeness (QED) is 0.742. The molecule has 0 aromatic rings. The molecule has 1 aliphatic rings. The molecule has 0 aromatic heterocycles. The summed E-state index contributed by atoms with van der Waals surface area (Å²) < 4.78 is 0. The predicted molar refractivity (Wildman–Crippen MR) is 76.0 cm³/mol. The van der Waals surface area contributed by atoms with Crippen LogP contribution in [-0.2, 0) is 9.59 Å². The van der Waals surface area contributed by atoms with Crippen molar-refractivity contribution in [3.05, 3.63) is 0 Å². The summed E-state index contributed by atoms with van der Waals surface area (Å²) in [6, 6.07) is -0.398. The summed E-state index contributed by atoms with van der Waals surface area (Å²) in [4.78, 5) is 36.8. The molecule has 0 aromatic carbocycles. The number of carboxylic acid groups (broad SMARTS) is 2. The third-order valence-electron chi connectivity index (χ3n) is 3.50. The zero-order chi connectivity index (χ0) is 16.0. The second-order valence-electron chi connectivity index (χ2n) is 5.91. The van der Waals surface area contributed by atoms with Crippen molar-refractivity contribution in [3.63, 3.8) is 0 Å². The summed E-state index contributed by atoms with van der Waals surface area (Å²) >= 11 is 0. The van der Waals surface area contributed by atoms with Crippen LogP contribution >= 0.6 is 0 Å². The third-order valence-corrected chi connectivity index (χ3v) is 3.50. The topological polar surface area (TPSA) is 98.2 Å². The van der Waals surface area contributed by atoms with Crippen molar-refractivity contribution >= 4 is 18.0 Å². The van der Waals surface area contributed by atoms with E-state index in [2.05, 4.69) is 0 Å². The Balaban J connectivity index is 2.86. The van der Waals surface area contributed by atoms with Crippen molar-refractivity contribution in [2.75, 3.05) is 19.6 Å². The molecule has 1 saturated carbocycles. The third kappa shape index (κ3) is 5.61. The van der Waals surface area contributed by atoms with E-state index < -0.39 is 31.1 Å². The van der Waals surface area contributed by atoms with Gasteiger partial charge in [-0.2, -0.15) is 0 Å². The standard InChI is InChI=1S/C14H24N2O5/c1-10(2)7-16(11-5-3-4-6-11)14(21)15(8-12(17)18)9-13(19)20/h10-11H,3-9H2,1-2H3,(H,17,18)(H,19,20). The lowest BCUT2D eigenvalue weighted by atomic mass is 10.1. The normalized spacial score (nSPS) is 15.2. The zero-order valence-corrected chi connectivity index (χ0v) is 12.6. The van der Waals surface area contributed by atoms with Crippen molar-refractivity contribution in [3.8, 4) is 0 Å². The van der Waals surface area contributed by atoms with Crippen molar-refractivity contribution in [1.29, 1.82) is 0 Å². The molecule has 0 heterocycles. The van der Waals surface area contributed by atoms with Crippen LogP contribution in [-0.4, -0.2) is 63.7 Å². The van der Waals surface area contributed by atoms with Crippen LogP contribution < -0.4 is 0 Å². The Hall–Kier alpha value is -1.79. The first-order valence-electron chi connectivity index (χ1n) is 7.30. The average Bonchev–Trinajstić information content (AvgIpc) is 2.86. The Morgan fingerprint density at radius 1 is 1.05 bits per heavy atom. The number of aliphatic carboxylic acids is 2. The van der Waals surface area contributed by atoms with Gasteiger partial charge in [0.1, 0.15) is 13.1 Å². The van der Waals surface area contributed by atoms with E-state index in [4.69, 9.17) is 10.2 Å². The van der Waals surface area contributed by atoms with Gasteiger partial charge in [-0.25, -0.2) is 4.79 Å². The highest BCUT2D eigenvalue weighted by molar-refractivity contribution is 5.84. The molecule has 7 nitrogen and oxygen atoms in total. The maximum atomic E-state index is 12.6. The zero-order valence-electron chi connectivity index (χ0n) is 12.6. The Morgan fingerprint density at radius 3 is 1.90 bits per heavy atom.